The Morgan fingerprint density at radius 2 is 1.95 bits per heavy atom. The molecule has 0 aromatic heterocycles. The van der Waals surface area contributed by atoms with Crippen LogP contribution in [0.5, 0.6) is 11.5 Å². The average molecular weight is 283 g/mol. The molecule has 0 fully saturated rings. The van der Waals surface area contributed by atoms with Crippen LogP contribution >= 0.6 is 0 Å². The van der Waals surface area contributed by atoms with E-state index >= 15 is 0 Å². The lowest BCUT2D eigenvalue weighted by Gasteiger charge is -2.32. The molecule has 1 aliphatic rings. The van der Waals surface area contributed by atoms with Crippen molar-refractivity contribution >= 4 is 0 Å². The number of fused-ring (bicyclic) bond motifs is 1. The van der Waals surface area contributed by atoms with Crippen LogP contribution in [0.1, 0.15) is 11.1 Å². The number of nitrogens with one attached hydrogen (secondary N) is 1. The minimum atomic E-state index is 0.0189. The van der Waals surface area contributed by atoms with E-state index in [0.29, 0.717) is 6.61 Å². The van der Waals surface area contributed by atoms with Gasteiger partial charge in [-0.2, -0.15) is 0 Å². The van der Waals surface area contributed by atoms with Crippen LogP contribution in [-0.2, 0) is 6.42 Å². The van der Waals surface area contributed by atoms with Crippen LogP contribution in [0.3, 0.4) is 0 Å². The number of aryl methyl sites for hydroxylation is 1. The number of likely N-dealkylation sites (N-methyl/N-ethyl adjacent to an activating group) is 1. The molecule has 1 N–H and O–H groups in total. The minimum Gasteiger partial charge on any atom is -0.486 e. The van der Waals surface area contributed by atoms with Crippen LogP contribution in [0, 0.1) is 6.92 Å². The van der Waals surface area contributed by atoms with E-state index in [1.54, 1.807) is 0 Å². The molecule has 110 valence electrons. The van der Waals surface area contributed by atoms with Gasteiger partial charge < -0.3 is 14.8 Å². The van der Waals surface area contributed by atoms with E-state index in [0.717, 1.165) is 17.9 Å². The largest absolute Gasteiger partial charge is 0.486 e. The first kappa shape index (κ1) is 14.0. The summed E-state index contributed by atoms with van der Waals surface area (Å²) in [6.45, 7) is 2.70. The molecule has 3 rings (SSSR count). The lowest BCUT2D eigenvalue weighted by molar-refractivity contribution is 0.0641. The summed E-state index contributed by atoms with van der Waals surface area (Å²) in [7, 11) is 1.98. The predicted octanol–water partition coefficient (Wildman–Crippen LogP) is 2.97. The Morgan fingerprint density at radius 1 is 1.14 bits per heavy atom. The molecular weight excluding hydrogens is 262 g/mol. The summed E-state index contributed by atoms with van der Waals surface area (Å²) in [5.41, 5.74) is 2.60. The highest BCUT2D eigenvalue weighted by atomic mass is 16.6. The number of hydrogen-bond donors (Lipinski definition) is 1. The second kappa shape index (κ2) is 6.19. The highest BCUT2D eigenvalue weighted by Crippen LogP contribution is 2.31. The fourth-order valence-corrected chi connectivity index (χ4v) is 2.75. The Hall–Kier alpha value is -2.00. The lowest BCUT2D eigenvalue weighted by atomic mass is 10.00. The molecule has 2 atom stereocenters. The number of ether oxygens (including phenoxy) is 2. The zero-order valence-corrected chi connectivity index (χ0v) is 12.5. The van der Waals surface area contributed by atoms with E-state index < -0.39 is 0 Å². The van der Waals surface area contributed by atoms with Crippen LogP contribution in [-0.4, -0.2) is 25.8 Å². The van der Waals surface area contributed by atoms with E-state index in [4.69, 9.17) is 9.47 Å². The smallest absolute Gasteiger partial charge is 0.161 e. The second-order valence-corrected chi connectivity index (χ2v) is 5.50. The van der Waals surface area contributed by atoms with Gasteiger partial charge in [0.15, 0.2) is 11.5 Å². The van der Waals surface area contributed by atoms with Gasteiger partial charge in [0.25, 0.3) is 0 Å². The van der Waals surface area contributed by atoms with Gasteiger partial charge in [-0.05, 0) is 38.1 Å². The molecule has 0 amide bonds. The van der Waals surface area contributed by atoms with Crippen molar-refractivity contribution in [3.05, 3.63) is 59.7 Å². The van der Waals surface area contributed by atoms with Crippen LogP contribution in [0.15, 0.2) is 48.5 Å². The third-order valence-electron chi connectivity index (χ3n) is 3.89. The standard InChI is InChI=1S/C18H21NO2/c1-13-6-5-7-14(10-13)11-15(19-2)18-12-20-16-8-3-4-9-17(16)21-18/h3-10,15,18-19H,11-12H2,1-2H3. The fourth-order valence-electron chi connectivity index (χ4n) is 2.75. The van der Waals surface area contributed by atoms with Gasteiger partial charge in [-0.1, -0.05) is 42.0 Å². The number of para-hydroxylation sites is 2. The molecule has 21 heavy (non-hydrogen) atoms. The highest BCUT2D eigenvalue weighted by Gasteiger charge is 2.28. The van der Waals surface area contributed by atoms with Crippen LogP contribution in [0.25, 0.3) is 0 Å². The molecule has 1 heterocycles. The van der Waals surface area contributed by atoms with Crippen LogP contribution in [0.4, 0.5) is 0 Å². The van der Waals surface area contributed by atoms with Gasteiger partial charge in [0.1, 0.15) is 12.7 Å². The van der Waals surface area contributed by atoms with Crippen molar-refractivity contribution in [1.29, 1.82) is 0 Å². The van der Waals surface area contributed by atoms with Crippen LogP contribution in [0.2, 0.25) is 0 Å². The molecule has 0 aliphatic carbocycles. The average Bonchev–Trinajstić information content (AvgIpc) is 2.52. The van der Waals surface area contributed by atoms with Crippen molar-refractivity contribution in [2.24, 2.45) is 0 Å². The highest BCUT2D eigenvalue weighted by molar-refractivity contribution is 5.41. The Labute approximate surface area is 125 Å². The maximum Gasteiger partial charge on any atom is 0.161 e. The van der Waals surface area contributed by atoms with Crippen molar-refractivity contribution in [1.82, 2.24) is 5.32 Å². The second-order valence-electron chi connectivity index (χ2n) is 5.50. The van der Waals surface area contributed by atoms with Gasteiger partial charge in [0, 0.05) is 0 Å². The summed E-state index contributed by atoms with van der Waals surface area (Å²) in [6, 6.07) is 16.7. The lowest BCUT2D eigenvalue weighted by Crippen LogP contribution is -2.47. The molecule has 2 aromatic carbocycles. The SMILES string of the molecule is CNC(Cc1cccc(C)c1)C1COc2ccccc2O1. The quantitative estimate of drug-likeness (QED) is 0.936. The molecule has 1 aliphatic heterocycles. The van der Waals surface area contributed by atoms with Crippen molar-refractivity contribution in [3.63, 3.8) is 0 Å². The Kier molecular flexibility index (Phi) is 4.11. The third kappa shape index (κ3) is 3.19. The summed E-state index contributed by atoms with van der Waals surface area (Å²) >= 11 is 0. The first-order chi connectivity index (χ1) is 10.3. The summed E-state index contributed by atoms with van der Waals surface area (Å²) in [4.78, 5) is 0. The number of rotatable bonds is 4. The molecule has 3 nitrogen and oxygen atoms in total. The zero-order valence-electron chi connectivity index (χ0n) is 12.5. The Morgan fingerprint density at radius 3 is 2.71 bits per heavy atom. The topological polar surface area (TPSA) is 30.5 Å². The third-order valence-corrected chi connectivity index (χ3v) is 3.89. The van der Waals surface area contributed by atoms with E-state index in [2.05, 4.69) is 36.5 Å². The van der Waals surface area contributed by atoms with Crippen molar-refractivity contribution in [2.45, 2.75) is 25.5 Å². The number of benzene rings is 2. The van der Waals surface area contributed by atoms with Crippen molar-refractivity contribution in [2.75, 3.05) is 13.7 Å². The monoisotopic (exact) mass is 283 g/mol. The van der Waals surface area contributed by atoms with E-state index in [9.17, 15) is 0 Å². The summed E-state index contributed by atoms with van der Waals surface area (Å²) < 4.78 is 11.9. The summed E-state index contributed by atoms with van der Waals surface area (Å²) in [6.07, 6.45) is 0.944. The molecule has 2 aromatic rings. The Bertz CT molecular complexity index is 612. The first-order valence-corrected chi connectivity index (χ1v) is 7.37. The zero-order chi connectivity index (χ0) is 14.7. The normalized spacial score (nSPS) is 18.3. The fraction of sp³-hybridized carbons (Fsp3) is 0.333. The molecule has 3 heteroatoms. The maximum absolute atomic E-state index is 6.10. The van der Waals surface area contributed by atoms with Crippen molar-refractivity contribution in [3.8, 4) is 11.5 Å². The van der Waals surface area contributed by atoms with Gasteiger partial charge in [0.05, 0.1) is 6.04 Å². The number of hydrogen-bond acceptors (Lipinski definition) is 3. The van der Waals surface area contributed by atoms with Gasteiger partial charge in [0.2, 0.25) is 0 Å². The Balaban J connectivity index is 1.73. The van der Waals surface area contributed by atoms with E-state index in [-0.39, 0.29) is 12.1 Å². The van der Waals surface area contributed by atoms with Gasteiger partial charge in [-0.3, -0.25) is 0 Å². The summed E-state index contributed by atoms with van der Waals surface area (Å²) in [5, 5.41) is 3.37. The van der Waals surface area contributed by atoms with E-state index in [1.807, 2.05) is 31.3 Å². The molecule has 2 unspecified atom stereocenters. The maximum atomic E-state index is 6.10. The molecule has 0 bridgehead atoms. The first-order valence-electron chi connectivity index (χ1n) is 7.37. The van der Waals surface area contributed by atoms with Gasteiger partial charge in [-0.25, -0.2) is 0 Å². The summed E-state index contributed by atoms with van der Waals surface area (Å²) in [5.74, 6) is 1.66. The molecule has 0 spiro atoms. The minimum absolute atomic E-state index is 0.0189. The molecule has 0 radical (unpaired) electrons. The van der Waals surface area contributed by atoms with Gasteiger partial charge in [-0.15, -0.1) is 0 Å². The molecular formula is C18H21NO2. The van der Waals surface area contributed by atoms with Crippen molar-refractivity contribution < 1.29 is 9.47 Å². The molecule has 0 saturated heterocycles. The van der Waals surface area contributed by atoms with E-state index in [1.165, 1.54) is 11.1 Å². The van der Waals surface area contributed by atoms with Gasteiger partial charge >= 0.3 is 0 Å². The predicted molar refractivity (Wildman–Crippen MR) is 84.1 cm³/mol. The molecule has 0 saturated carbocycles. The van der Waals surface area contributed by atoms with Crippen LogP contribution < -0.4 is 14.8 Å².